The number of hydrogen-bond donors (Lipinski definition) is 2. The Bertz CT molecular complexity index is 740. The number of para-hydroxylation sites is 1. The van der Waals surface area contributed by atoms with Gasteiger partial charge in [0.1, 0.15) is 5.75 Å². The van der Waals surface area contributed by atoms with Gasteiger partial charge in [0.2, 0.25) is 5.91 Å². The predicted octanol–water partition coefficient (Wildman–Crippen LogP) is 3.85. The van der Waals surface area contributed by atoms with E-state index in [1.54, 1.807) is 30.3 Å². The van der Waals surface area contributed by atoms with Gasteiger partial charge in [-0.05, 0) is 36.4 Å². The topological polar surface area (TPSA) is 55.8 Å². The van der Waals surface area contributed by atoms with E-state index in [1.807, 2.05) is 12.1 Å². The molecule has 1 fully saturated rings. The van der Waals surface area contributed by atoms with Crippen molar-refractivity contribution in [3.05, 3.63) is 52.5 Å². The molecule has 1 saturated heterocycles. The van der Waals surface area contributed by atoms with Gasteiger partial charge in [0, 0.05) is 44.8 Å². The van der Waals surface area contributed by atoms with Crippen LogP contribution in [-0.2, 0) is 4.79 Å². The Kier molecular flexibility index (Phi) is 6.25. The molecule has 0 spiro atoms. The average molecular weight is 394 g/mol. The van der Waals surface area contributed by atoms with Gasteiger partial charge in [-0.3, -0.25) is 9.69 Å². The van der Waals surface area contributed by atoms with Crippen molar-refractivity contribution in [2.75, 3.05) is 42.9 Å². The van der Waals surface area contributed by atoms with Crippen LogP contribution >= 0.6 is 23.2 Å². The zero-order valence-corrected chi connectivity index (χ0v) is 15.8. The number of nitrogens with zero attached hydrogens (tertiary/aromatic N) is 2. The minimum Gasteiger partial charge on any atom is -0.508 e. The van der Waals surface area contributed by atoms with Crippen LogP contribution in [0.15, 0.2) is 42.5 Å². The van der Waals surface area contributed by atoms with Gasteiger partial charge in [-0.1, -0.05) is 29.3 Å². The molecule has 7 heteroatoms. The number of rotatable bonds is 5. The molecular formula is C19H21Cl2N3O2. The largest absolute Gasteiger partial charge is 0.508 e. The van der Waals surface area contributed by atoms with Gasteiger partial charge < -0.3 is 15.3 Å². The molecule has 0 atom stereocenters. The lowest BCUT2D eigenvalue weighted by molar-refractivity contribution is -0.116. The van der Waals surface area contributed by atoms with Gasteiger partial charge >= 0.3 is 0 Å². The van der Waals surface area contributed by atoms with Crippen LogP contribution in [0.4, 0.5) is 11.4 Å². The first-order chi connectivity index (χ1) is 12.5. The second kappa shape index (κ2) is 8.62. The van der Waals surface area contributed by atoms with Gasteiger partial charge in [0.05, 0.1) is 15.7 Å². The zero-order valence-electron chi connectivity index (χ0n) is 14.3. The highest BCUT2D eigenvalue weighted by Gasteiger charge is 2.18. The number of carbonyl (C=O) groups excluding carboxylic acids is 1. The van der Waals surface area contributed by atoms with Crippen LogP contribution in [0, 0.1) is 0 Å². The van der Waals surface area contributed by atoms with E-state index >= 15 is 0 Å². The smallest absolute Gasteiger partial charge is 0.225 e. The maximum atomic E-state index is 12.2. The van der Waals surface area contributed by atoms with Crippen molar-refractivity contribution in [1.82, 2.24) is 4.90 Å². The lowest BCUT2D eigenvalue weighted by atomic mass is 10.2. The minimum atomic E-state index is -0.0963. The van der Waals surface area contributed by atoms with Crippen molar-refractivity contribution in [3.8, 4) is 5.75 Å². The van der Waals surface area contributed by atoms with Crippen LogP contribution in [-0.4, -0.2) is 48.6 Å². The molecule has 1 aliphatic rings. The summed E-state index contributed by atoms with van der Waals surface area (Å²) >= 11 is 12.2. The van der Waals surface area contributed by atoms with Crippen LogP contribution in [0.1, 0.15) is 6.42 Å². The zero-order chi connectivity index (χ0) is 18.5. The van der Waals surface area contributed by atoms with E-state index < -0.39 is 0 Å². The van der Waals surface area contributed by atoms with Crippen molar-refractivity contribution < 1.29 is 9.90 Å². The monoisotopic (exact) mass is 393 g/mol. The molecule has 2 N–H and O–H groups in total. The summed E-state index contributed by atoms with van der Waals surface area (Å²) in [5, 5.41) is 13.0. The van der Waals surface area contributed by atoms with E-state index in [-0.39, 0.29) is 11.7 Å². The molecule has 0 radical (unpaired) electrons. The fourth-order valence-electron chi connectivity index (χ4n) is 2.97. The molecule has 5 nitrogen and oxygen atoms in total. The van der Waals surface area contributed by atoms with Crippen LogP contribution < -0.4 is 10.2 Å². The molecule has 26 heavy (non-hydrogen) atoms. The summed E-state index contributed by atoms with van der Waals surface area (Å²) in [5.74, 6) is 0.179. The normalized spacial score (nSPS) is 15.1. The van der Waals surface area contributed by atoms with E-state index in [1.165, 1.54) is 0 Å². The molecule has 1 aliphatic heterocycles. The quantitative estimate of drug-likeness (QED) is 0.809. The lowest BCUT2D eigenvalue weighted by Crippen LogP contribution is -2.47. The molecular weight excluding hydrogens is 373 g/mol. The summed E-state index contributed by atoms with van der Waals surface area (Å²) in [6, 6.07) is 12.4. The van der Waals surface area contributed by atoms with Gasteiger partial charge in [-0.2, -0.15) is 0 Å². The van der Waals surface area contributed by atoms with Crippen molar-refractivity contribution in [2.45, 2.75) is 6.42 Å². The SMILES string of the molecule is O=C(CCN1CCN(c2ccc(O)cc2)CC1)Nc1c(Cl)cccc1Cl. The molecule has 0 saturated carbocycles. The third-order valence-electron chi connectivity index (χ3n) is 4.47. The Morgan fingerprint density at radius 1 is 1.00 bits per heavy atom. The Morgan fingerprint density at radius 2 is 1.62 bits per heavy atom. The predicted molar refractivity (Wildman–Crippen MR) is 106 cm³/mol. The van der Waals surface area contributed by atoms with Crippen LogP contribution in [0.25, 0.3) is 0 Å². The number of aromatic hydroxyl groups is 1. The summed E-state index contributed by atoms with van der Waals surface area (Å²) in [4.78, 5) is 16.7. The molecule has 1 heterocycles. The number of amides is 1. The molecule has 138 valence electrons. The Balaban J connectivity index is 1.45. The molecule has 0 bridgehead atoms. The van der Waals surface area contributed by atoms with Crippen LogP contribution in [0.3, 0.4) is 0 Å². The first-order valence-corrected chi connectivity index (χ1v) is 9.29. The van der Waals surface area contributed by atoms with Crippen molar-refractivity contribution >= 4 is 40.5 Å². The van der Waals surface area contributed by atoms with Gasteiger partial charge in [-0.25, -0.2) is 0 Å². The van der Waals surface area contributed by atoms with Crippen molar-refractivity contribution in [1.29, 1.82) is 0 Å². The van der Waals surface area contributed by atoms with Crippen LogP contribution in [0.5, 0.6) is 5.75 Å². The summed E-state index contributed by atoms with van der Waals surface area (Å²) in [5.41, 5.74) is 1.58. The van der Waals surface area contributed by atoms with E-state index in [9.17, 15) is 9.90 Å². The second-order valence-electron chi connectivity index (χ2n) is 6.24. The molecule has 2 aromatic rings. The minimum absolute atomic E-state index is 0.0963. The molecule has 0 unspecified atom stereocenters. The number of anilines is 2. The summed E-state index contributed by atoms with van der Waals surface area (Å²) in [6.45, 7) is 4.25. The molecule has 1 amide bonds. The van der Waals surface area contributed by atoms with E-state index in [0.29, 0.717) is 28.7 Å². The maximum absolute atomic E-state index is 12.2. The highest BCUT2D eigenvalue weighted by atomic mass is 35.5. The lowest BCUT2D eigenvalue weighted by Gasteiger charge is -2.36. The highest BCUT2D eigenvalue weighted by molar-refractivity contribution is 6.39. The fraction of sp³-hybridized carbons (Fsp3) is 0.316. The third kappa shape index (κ3) is 4.81. The van der Waals surface area contributed by atoms with E-state index in [0.717, 1.165) is 31.9 Å². The number of phenols is 1. The number of hydrogen-bond acceptors (Lipinski definition) is 4. The standard InChI is InChI=1S/C19H21Cl2N3O2/c20-16-2-1-3-17(21)19(16)22-18(26)8-9-23-10-12-24(13-11-23)14-4-6-15(25)7-5-14/h1-7,25H,8-13H2,(H,22,26). The van der Waals surface area contributed by atoms with Crippen molar-refractivity contribution in [3.63, 3.8) is 0 Å². The first-order valence-electron chi connectivity index (χ1n) is 8.53. The number of piperazine rings is 1. The third-order valence-corrected chi connectivity index (χ3v) is 5.10. The fourth-order valence-corrected chi connectivity index (χ4v) is 3.46. The molecule has 0 aliphatic carbocycles. The number of halogens is 2. The summed E-state index contributed by atoms with van der Waals surface area (Å²) < 4.78 is 0. The number of nitrogens with one attached hydrogen (secondary N) is 1. The van der Waals surface area contributed by atoms with Crippen LogP contribution in [0.2, 0.25) is 10.0 Å². The Labute approximate surface area is 163 Å². The van der Waals surface area contributed by atoms with E-state index in [4.69, 9.17) is 23.2 Å². The molecule has 0 aromatic heterocycles. The molecule has 2 aromatic carbocycles. The Morgan fingerprint density at radius 3 is 2.23 bits per heavy atom. The maximum Gasteiger partial charge on any atom is 0.225 e. The highest BCUT2D eigenvalue weighted by Crippen LogP contribution is 2.29. The van der Waals surface area contributed by atoms with Crippen molar-refractivity contribution in [2.24, 2.45) is 0 Å². The molecule has 3 rings (SSSR count). The summed E-state index contributed by atoms with van der Waals surface area (Å²) in [7, 11) is 0. The van der Waals surface area contributed by atoms with Gasteiger partial charge in [-0.15, -0.1) is 0 Å². The second-order valence-corrected chi connectivity index (χ2v) is 7.05. The first kappa shape index (κ1) is 18.8. The summed E-state index contributed by atoms with van der Waals surface area (Å²) in [6.07, 6.45) is 0.390. The average Bonchev–Trinajstić information content (AvgIpc) is 2.64. The van der Waals surface area contributed by atoms with Gasteiger partial charge in [0.15, 0.2) is 0 Å². The van der Waals surface area contributed by atoms with E-state index in [2.05, 4.69) is 15.1 Å². The van der Waals surface area contributed by atoms with Gasteiger partial charge in [0.25, 0.3) is 0 Å². The number of phenolic OH excluding ortho intramolecular Hbond substituents is 1. The number of carbonyl (C=O) groups is 1. The number of benzene rings is 2. The Hall–Kier alpha value is -1.95.